The zero-order valence-electron chi connectivity index (χ0n) is 20.5. The lowest BCUT2D eigenvalue weighted by Gasteiger charge is -2.36. The number of piperazine rings is 1. The van der Waals surface area contributed by atoms with E-state index in [9.17, 15) is 9.59 Å². The van der Waals surface area contributed by atoms with Crippen molar-refractivity contribution < 1.29 is 14.3 Å². The number of amides is 1. The summed E-state index contributed by atoms with van der Waals surface area (Å²) in [5.74, 6) is 1.64. The highest BCUT2D eigenvalue weighted by Gasteiger charge is 2.31. The number of ether oxygens (including phenoxy) is 2. The van der Waals surface area contributed by atoms with Crippen LogP contribution in [0.5, 0.6) is 11.5 Å². The first-order valence-corrected chi connectivity index (χ1v) is 12.4. The Morgan fingerprint density at radius 1 is 1.03 bits per heavy atom. The Kier molecular flexibility index (Phi) is 5.64. The molecular formula is C27H29N5O4. The molecule has 1 fully saturated rings. The summed E-state index contributed by atoms with van der Waals surface area (Å²) in [6.45, 7) is 5.95. The Morgan fingerprint density at radius 3 is 2.61 bits per heavy atom. The van der Waals surface area contributed by atoms with Crippen molar-refractivity contribution in [1.82, 2.24) is 24.1 Å². The number of carbonyl (C=O) groups is 1. The molecule has 4 heterocycles. The first-order valence-electron chi connectivity index (χ1n) is 12.4. The second-order valence-corrected chi connectivity index (χ2v) is 9.44. The summed E-state index contributed by atoms with van der Waals surface area (Å²) < 4.78 is 14.2. The Labute approximate surface area is 208 Å². The third-order valence-electron chi connectivity index (χ3n) is 7.32. The van der Waals surface area contributed by atoms with Crippen molar-refractivity contribution in [3.63, 3.8) is 0 Å². The fourth-order valence-electron chi connectivity index (χ4n) is 5.41. The van der Waals surface area contributed by atoms with Gasteiger partial charge in [-0.25, -0.2) is 4.68 Å². The van der Waals surface area contributed by atoms with Crippen molar-refractivity contribution in [3.05, 3.63) is 64.6 Å². The molecule has 1 saturated heterocycles. The van der Waals surface area contributed by atoms with Crippen LogP contribution in [0.15, 0.2) is 53.5 Å². The normalized spacial score (nSPS) is 16.7. The Bertz CT molecular complexity index is 1520. The molecule has 186 valence electrons. The molecule has 36 heavy (non-hydrogen) atoms. The number of benzene rings is 2. The molecule has 0 N–H and O–H groups in total. The second kappa shape index (κ2) is 8.98. The molecule has 1 amide bonds. The maximum Gasteiger partial charge on any atom is 0.291 e. The van der Waals surface area contributed by atoms with Crippen LogP contribution in [0.25, 0.3) is 21.8 Å². The number of hydrogen-bond donors (Lipinski definition) is 0. The van der Waals surface area contributed by atoms with Gasteiger partial charge in [-0.05, 0) is 30.2 Å². The first-order chi connectivity index (χ1) is 17.5. The maximum atomic E-state index is 13.8. The van der Waals surface area contributed by atoms with E-state index in [2.05, 4.69) is 16.1 Å². The van der Waals surface area contributed by atoms with Gasteiger partial charge in [0.2, 0.25) is 12.7 Å². The summed E-state index contributed by atoms with van der Waals surface area (Å²) in [5, 5.41) is 5.95. The van der Waals surface area contributed by atoms with E-state index >= 15 is 0 Å². The Hall–Kier alpha value is -3.85. The van der Waals surface area contributed by atoms with Gasteiger partial charge in [-0.1, -0.05) is 31.2 Å². The van der Waals surface area contributed by atoms with Gasteiger partial charge in [0.05, 0.1) is 11.7 Å². The summed E-state index contributed by atoms with van der Waals surface area (Å²) in [6, 6.07) is 13.5. The summed E-state index contributed by atoms with van der Waals surface area (Å²) >= 11 is 0. The van der Waals surface area contributed by atoms with Gasteiger partial charge in [-0.3, -0.25) is 14.5 Å². The predicted octanol–water partition coefficient (Wildman–Crippen LogP) is 2.91. The molecule has 0 bridgehead atoms. The fraction of sp³-hybridized carbons (Fsp3) is 0.370. The minimum absolute atomic E-state index is 0.0572. The van der Waals surface area contributed by atoms with Crippen LogP contribution in [0.2, 0.25) is 0 Å². The van der Waals surface area contributed by atoms with E-state index in [1.807, 2.05) is 52.8 Å². The van der Waals surface area contributed by atoms with E-state index < -0.39 is 6.04 Å². The zero-order chi connectivity index (χ0) is 24.8. The highest BCUT2D eigenvalue weighted by Crippen LogP contribution is 2.34. The highest BCUT2D eigenvalue weighted by molar-refractivity contribution is 6.08. The van der Waals surface area contributed by atoms with Gasteiger partial charge in [0.15, 0.2) is 11.5 Å². The zero-order valence-corrected chi connectivity index (χ0v) is 20.5. The van der Waals surface area contributed by atoms with Gasteiger partial charge >= 0.3 is 0 Å². The van der Waals surface area contributed by atoms with Crippen LogP contribution in [-0.2, 0) is 18.4 Å². The molecule has 0 unspecified atom stereocenters. The number of hydrogen-bond acceptors (Lipinski definition) is 6. The van der Waals surface area contributed by atoms with Crippen LogP contribution in [0, 0.1) is 0 Å². The van der Waals surface area contributed by atoms with Crippen LogP contribution >= 0.6 is 0 Å². The van der Waals surface area contributed by atoms with Gasteiger partial charge in [-0.2, -0.15) is 5.10 Å². The number of nitrogens with zero attached hydrogens (tertiary/aromatic N) is 5. The molecule has 9 heteroatoms. The van der Waals surface area contributed by atoms with Gasteiger partial charge in [0.25, 0.3) is 5.56 Å². The van der Waals surface area contributed by atoms with Gasteiger partial charge in [0, 0.05) is 50.5 Å². The van der Waals surface area contributed by atoms with E-state index in [1.165, 1.54) is 10.2 Å². The maximum absolute atomic E-state index is 13.8. The average Bonchev–Trinajstić information content (AvgIpc) is 3.50. The predicted molar refractivity (Wildman–Crippen MR) is 136 cm³/mol. The SMILES string of the molecule is CC[C@H](C(=O)N1CCN(Cc2ccc3c(c2)OCO3)CC1)n1c2ccccc2c2cnn(C)c(=O)c21. The molecule has 1 atom stereocenters. The summed E-state index contributed by atoms with van der Waals surface area (Å²) in [7, 11) is 1.64. The first kappa shape index (κ1) is 22.6. The molecule has 6 rings (SSSR count). The van der Waals surface area contributed by atoms with Crippen LogP contribution in [0.3, 0.4) is 0 Å². The fourth-order valence-corrected chi connectivity index (χ4v) is 5.41. The number of carbonyl (C=O) groups excluding carboxylic acids is 1. The smallest absolute Gasteiger partial charge is 0.291 e. The Morgan fingerprint density at radius 2 is 1.81 bits per heavy atom. The van der Waals surface area contributed by atoms with Crippen molar-refractivity contribution >= 4 is 27.7 Å². The molecule has 2 aliphatic heterocycles. The number of fused-ring (bicyclic) bond motifs is 4. The van der Waals surface area contributed by atoms with Crippen molar-refractivity contribution in [2.24, 2.45) is 7.05 Å². The van der Waals surface area contributed by atoms with Crippen molar-refractivity contribution in [1.29, 1.82) is 0 Å². The number of rotatable bonds is 5. The largest absolute Gasteiger partial charge is 0.454 e. The van der Waals surface area contributed by atoms with E-state index in [-0.39, 0.29) is 18.3 Å². The molecule has 9 nitrogen and oxygen atoms in total. The van der Waals surface area contributed by atoms with Gasteiger partial charge in [-0.15, -0.1) is 0 Å². The summed E-state index contributed by atoms with van der Waals surface area (Å²) in [6.07, 6.45) is 2.32. The molecule has 0 aliphatic carbocycles. The third-order valence-corrected chi connectivity index (χ3v) is 7.32. The van der Waals surface area contributed by atoms with Crippen molar-refractivity contribution in [2.75, 3.05) is 33.0 Å². The molecule has 0 radical (unpaired) electrons. The Balaban J connectivity index is 1.24. The second-order valence-electron chi connectivity index (χ2n) is 9.44. The number of aromatic nitrogens is 3. The van der Waals surface area contributed by atoms with Crippen LogP contribution in [0.4, 0.5) is 0 Å². The number of para-hydroxylation sites is 1. The molecule has 2 aromatic carbocycles. The van der Waals surface area contributed by atoms with E-state index in [4.69, 9.17) is 9.47 Å². The lowest BCUT2D eigenvalue weighted by atomic mass is 10.1. The summed E-state index contributed by atoms with van der Waals surface area (Å²) in [4.78, 5) is 31.3. The molecule has 2 aliphatic rings. The molecule has 0 saturated carbocycles. The van der Waals surface area contributed by atoms with Gasteiger partial charge < -0.3 is 18.9 Å². The lowest BCUT2D eigenvalue weighted by Crippen LogP contribution is -2.50. The van der Waals surface area contributed by atoms with Crippen LogP contribution < -0.4 is 15.0 Å². The van der Waals surface area contributed by atoms with Crippen LogP contribution in [-0.4, -0.2) is 63.0 Å². The molecule has 4 aromatic rings. The highest BCUT2D eigenvalue weighted by atomic mass is 16.7. The van der Waals surface area contributed by atoms with Crippen LogP contribution in [0.1, 0.15) is 24.9 Å². The molecule has 2 aromatic heterocycles. The van der Waals surface area contributed by atoms with Gasteiger partial charge in [0.1, 0.15) is 11.6 Å². The van der Waals surface area contributed by atoms with Crippen molar-refractivity contribution in [2.45, 2.75) is 25.9 Å². The monoisotopic (exact) mass is 487 g/mol. The third kappa shape index (κ3) is 3.71. The van der Waals surface area contributed by atoms with E-state index in [1.54, 1.807) is 13.2 Å². The van der Waals surface area contributed by atoms with E-state index in [0.29, 0.717) is 25.0 Å². The average molecular weight is 488 g/mol. The topological polar surface area (TPSA) is 81.8 Å². The molecular weight excluding hydrogens is 458 g/mol. The lowest BCUT2D eigenvalue weighted by molar-refractivity contribution is -0.136. The quantitative estimate of drug-likeness (QED) is 0.431. The minimum Gasteiger partial charge on any atom is -0.454 e. The number of aryl methyl sites for hydroxylation is 1. The minimum atomic E-state index is -0.456. The summed E-state index contributed by atoms with van der Waals surface area (Å²) in [5.41, 5.74) is 2.40. The molecule has 0 spiro atoms. The van der Waals surface area contributed by atoms with E-state index in [0.717, 1.165) is 47.4 Å². The van der Waals surface area contributed by atoms with Crippen molar-refractivity contribution in [3.8, 4) is 11.5 Å². The standard InChI is InChI=1S/C27H29N5O4/c1-3-21(32-22-7-5-4-6-19(22)20-15-28-29(2)27(34)25(20)32)26(33)31-12-10-30(11-13-31)16-18-8-9-23-24(14-18)36-17-35-23/h4-9,14-15,21H,3,10-13,16-17H2,1-2H3/t21-/m1/s1.